The Balaban J connectivity index is 1.84. The number of aromatic amines is 1. The zero-order chi connectivity index (χ0) is 13.9. The summed E-state index contributed by atoms with van der Waals surface area (Å²) in [6.45, 7) is 5.56. The molecule has 0 bridgehead atoms. The topological polar surface area (TPSA) is 81.8 Å². The summed E-state index contributed by atoms with van der Waals surface area (Å²) in [4.78, 5) is 18.6. The Morgan fingerprint density at radius 3 is 3.15 bits per heavy atom. The van der Waals surface area contributed by atoms with Crippen LogP contribution in [-0.2, 0) is 0 Å². The minimum Gasteiger partial charge on any atom is -0.364 e. The van der Waals surface area contributed by atoms with E-state index in [0.29, 0.717) is 17.6 Å². The molecule has 1 fully saturated rings. The van der Waals surface area contributed by atoms with Gasteiger partial charge in [0, 0.05) is 19.6 Å². The van der Waals surface area contributed by atoms with Crippen molar-refractivity contribution in [3.05, 3.63) is 6.33 Å². The molecule has 3 N–H and O–H groups in total. The van der Waals surface area contributed by atoms with Gasteiger partial charge in [0.15, 0.2) is 11.5 Å². The number of anilines is 2. The first-order chi connectivity index (χ1) is 9.80. The number of nitrogens with one attached hydrogen (secondary N) is 3. The summed E-state index contributed by atoms with van der Waals surface area (Å²) in [6, 6.07) is 0.426. The summed E-state index contributed by atoms with van der Waals surface area (Å²) >= 11 is 0. The van der Waals surface area contributed by atoms with E-state index < -0.39 is 0 Å². The molecular formula is C13H21N7. The normalized spacial score (nSPS) is 20.2. The maximum absolute atomic E-state index is 4.51. The second kappa shape index (κ2) is 5.62. The molecule has 0 saturated carbocycles. The Morgan fingerprint density at radius 2 is 2.35 bits per heavy atom. The highest BCUT2D eigenvalue weighted by molar-refractivity contribution is 5.83. The second-order valence-corrected chi connectivity index (χ2v) is 5.12. The lowest BCUT2D eigenvalue weighted by Gasteiger charge is -2.32. The van der Waals surface area contributed by atoms with Crippen molar-refractivity contribution in [1.82, 2.24) is 24.8 Å². The van der Waals surface area contributed by atoms with Crippen LogP contribution < -0.4 is 10.6 Å². The van der Waals surface area contributed by atoms with Crippen LogP contribution in [0.2, 0.25) is 0 Å². The van der Waals surface area contributed by atoms with Crippen LogP contribution >= 0.6 is 0 Å². The summed E-state index contributed by atoms with van der Waals surface area (Å²) < 4.78 is 0. The third-order valence-corrected chi connectivity index (χ3v) is 3.80. The maximum atomic E-state index is 4.51. The van der Waals surface area contributed by atoms with Crippen molar-refractivity contribution in [2.24, 2.45) is 0 Å². The van der Waals surface area contributed by atoms with Crippen molar-refractivity contribution in [1.29, 1.82) is 0 Å². The van der Waals surface area contributed by atoms with Crippen molar-refractivity contribution in [2.75, 3.05) is 37.3 Å². The van der Waals surface area contributed by atoms with Crippen LogP contribution in [0.3, 0.4) is 0 Å². The third kappa shape index (κ3) is 2.53. The molecule has 0 aromatic carbocycles. The summed E-state index contributed by atoms with van der Waals surface area (Å²) in [5.41, 5.74) is 1.56. The lowest BCUT2D eigenvalue weighted by atomic mass is 10.1. The average molecular weight is 275 g/mol. The van der Waals surface area contributed by atoms with Gasteiger partial charge in [-0.2, -0.15) is 9.97 Å². The molecular weight excluding hydrogens is 254 g/mol. The summed E-state index contributed by atoms with van der Waals surface area (Å²) in [5, 5.41) is 6.52. The molecule has 0 radical (unpaired) electrons. The molecule has 1 unspecified atom stereocenters. The zero-order valence-corrected chi connectivity index (χ0v) is 12.0. The fraction of sp³-hybridized carbons (Fsp3) is 0.615. The first-order valence-electron chi connectivity index (χ1n) is 7.18. The van der Waals surface area contributed by atoms with Gasteiger partial charge >= 0.3 is 0 Å². The van der Waals surface area contributed by atoms with Gasteiger partial charge in [-0.05, 0) is 25.9 Å². The standard InChI is InChI=1S/C13H21N7/c1-3-20-6-4-5-9(7-20)17-12-10-11(16-8-15-10)18-13(14-2)19-12/h8-9H,3-7H2,1-2H3,(H3,14,15,16,17,18,19). The van der Waals surface area contributed by atoms with Gasteiger partial charge in [-0.1, -0.05) is 6.92 Å². The van der Waals surface area contributed by atoms with Crippen LogP contribution in [0.25, 0.3) is 11.2 Å². The molecule has 7 nitrogen and oxygen atoms in total. The molecule has 20 heavy (non-hydrogen) atoms. The molecule has 108 valence electrons. The quantitative estimate of drug-likeness (QED) is 0.780. The first kappa shape index (κ1) is 13.1. The number of nitrogens with zero attached hydrogens (tertiary/aromatic N) is 4. The third-order valence-electron chi connectivity index (χ3n) is 3.80. The number of aromatic nitrogens is 4. The van der Waals surface area contributed by atoms with Crippen LogP contribution in [0.1, 0.15) is 19.8 Å². The summed E-state index contributed by atoms with van der Waals surface area (Å²) in [5.74, 6) is 1.43. The van der Waals surface area contributed by atoms with Gasteiger partial charge in [0.2, 0.25) is 5.95 Å². The molecule has 2 aromatic rings. The molecule has 0 spiro atoms. The van der Waals surface area contributed by atoms with Crippen LogP contribution in [-0.4, -0.2) is 57.6 Å². The smallest absolute Gasteiger partial charge is 0.226 e. The van der Waals surface area contributed by atoms with Crippen molar-refractivity contribution >= 4 is 22.9 Å². The monoisotopic (exact) mass is 275 g/mol. The molecule has 2 aromatic heterocycles. The van der Waals surface area contributed by atoms with Crippen molar-refractivity contribution in [3.8, 4) is 0 Å². The van der Waals surface area contributed by atoms with Gasteiger partial charge in [0.1, 0.15) is 5.52 Å². The van der Waals surface area contributed by atoms with Crippen LogP contribution in [0, 0.1) is 0 Å². The lowest BCUT2D eigenvalue weighted by molar-refractivity contribution is 0.226. The average Bonchev–Trinajstić information content (AvgIpc) is 2.96. The van der Waals surface area contributed by atoms with E-state index in [9.17, 15) is 0 Å². The molecule has 1 atom stereocenters. The van der Waals surface area contributed by atoms with E-state index >= 15 is 0 Å². The maximum Gasteiger partial charge on any atom is 0.226 e. The van der Waals surface area contributed by atoms with Gasteiger partial charge in [0.05, 0.1) is 6.33 Å². The lowest BCUT2D eigenvalue weighted by Crippen LogP contribution is -2.42. The van der Waals surface area contributed by atoms with Gasteiger partial charge < -0.3 is 20.5 Å². The van der Waals surface area contributed by atoms with E-state index in [1.807, 2.05) is 7.05 Å². The van der Waals surface area contributed by atoms with Crippen LogP contribution in [0.5, 0.6) is 0 Å². The van der Waals surface area contributed by atoms with Gasteiger partial charge in [-0.3, -0.25) is 0 Å². The van der Waals surface area contributed by atoms with Crippen molar-refractivity contribution in [3.63, 3.8) is 0 Å². The highest BCUT2D eigenvalue weighted by Crippen LogP contribution is 2.21. The second-order valence-electron chi connectivity index (χ2n) is 5.12. The Hall–Kier alpha value is -1.89. The predicted octanol–water partition coefficient (Wildman–Crippen LogP) is 1.29. The van der Waals surface area contributed by atoms with Gasteiger partial charge in [-0.15, -0.1) is 0 Å². The number of rotatable bonds is 4. The number of likely N-dealkylation sites (N-methyl/N-ethyl adjacent to an activating group) is 1. The number of hydrogen-bond donors (Lipinski definition) is 3. The van der Waals surface area contributed by atoms with E-state index in [0.717, 1.165) is 24.4 Å². The first-order valence-corrected chi connectivity index (χ1v) is 7.18. The molecule has 7 heteroatoms. The van der Waals surface area contributed by atoms with E-state index in [2.05, 4.69) is 42.4 Å². The number of imidazole rings is 1. The molecule has 0 aliphatic carbocycles. The SMILES string of the molecule is CCN1CCCC(Nc2nc(NC)nc3nc[nH]c23)C1. The minimum atomic E-state index is 0.426. The zero-order valence-electron chi connectivity index (χ0n) is 12.0. The van der Waals surface area contributed by atoms with E-state index in [4.69, 9.17) is 0 Å². The fourth-order valence-electron chi connectivity index (χ4n) is 2.70. The highest BCUT2D eigenvalue weighted by Gasteiger charge is 2.20. The van der Waals surface area contributed by atoms with Crippen LogP contribution in [0.4, 0.5) is 11.8 Å². The van der Waals surface area contributed by atoms with E-state index in [-0.39, 0.29) is 0 Å². The molecule has 3 rings (SSSR count). The molecule has 3 heterocycles. The fourth-order valence-corrected chi connectivity index (χ4v) is 2.70. The molecule has 0 amide bonds. The molecule has 1 aliphatic heterocycles. The van der Waals surface area contributed by atoms with E-state index in [1.165, 1.54) is 19.4 Å². The van der Waals surface area contributed by atoms with Gasteiger partial charge in [0.25, 0.3) is 0 Å². The number of piperidine rings is 1. The molecule has 1 aliphatic rings. The molecule has 1 saturated heterocycles. The Morgan fingerprint density at radius 1 is 1.45 bits per heavy atom. The number of H-pyrrole nitrogens is 1. The van der Waals surface area contributed by atoms with Gasteiger partial charge in [-0.25, -0.2) is 4.98 Å². The summed E-state index contributed by atoms with van der Waals surface area (Å²) in [7, 11) is 1.82. The summed E-state index contributed by atoms with van der Waals surface area (Å²) in [6.07, 6.45) is 4.05. The number of hydrogen-bond acceptors (Lipinski definition) is 6. The van der Waals surface area contributed by atoms with Crippen molar-refractivity contribution in [2.45, 2.75) is 25.8 Å². The predicted molar refractivity (Wildman–Crippen MR) is 80.0 cm³/mol. The highest BCUT2D eigenvalue weighted by atomic mass is 15.2. The Bertz CT molecular complexity index is 579. The largest absolute Gasteiger partial charge is 0.364 e. The number of likely N-dealkylation sites (tertiary alicyclic amines) is 1. The minimum absolute atomic E-state index is 0.426. The Labute approximate surface area is 118 Å². The Kier molecular flexibility index (Phi) is 3.68. The van der Waals surface area contributed by atoms with Crippen molar-refractivity contribution < 1.29 is 0 Å². The number of fused-ring (bicyclic) bond motifs is 1. The van der Waals surface area contributed by atoms with E-state index in [1.54, 1.807) is 6.33 Å². The van der Waals surface area contributed by atoms with Crippen LogP contribution in [0.15, 0.2) is 6.33 Å².